The van der Waals surface area contributed by atoms with Crippen molar-refractivity contribution in [2.75, 3.05) is 19.0 Å². The van der Waals surface area contributed by atoms with Crippen molar-refractivity contribution in [2.45, 2.75) is 77.1 Å². The van der Waals surface area contributed by atoms with Gasteiger partial charge in [0.05, 0.1) is 30.6 Å². The van der Waals surface area contributed by atoms with Crippen molar-refractivity contribution in [3.63, 3.8) is 0 Å². The van der Waals surface area contributed by atoms with E-state index in [4.69, 9.17) is 9.84 Å². The fourth-order valence-electron chi connectivity index (χ4n) is 4.59. The second-order valence-electron chi connectivity index (χ2n) is 9.52. The smallest absolute Gasteiger partial charge is 0.241 e. The van der Waals surface area contributed by atoms with Crippen molar-refractivity contribution in [1.29, 1.82) is 0 Å². The summed E-state index contributed by atoms with van der Waals surface area (Å²) >= 11 is 0. The molecular weight excluding hydrogens is 434 g/mol. The Hall–Kier alpha value is -2.98. The normalized spacial score (nSPS) is 19.5. The zero-order valence-electron chi connectivity index (χ0n) is 20.4. The molecule has 1 atom stereocenters. The summed E-state index contributed by atoms with van der Waals surface area (Å²) in [5.41, 5.74) is 3.88. The molecule has 10 heteroatoms. The van der Waals surface area contributed by atoms with Gasteiger partial charge in [0, 0.05) is 48.1 Å². The van der Waals surface area contributed by atoms with Crippen molar-refractivity contribution in [2.24, 2.45) is 0 Å². The third-order valence-electron chi connectivity index (χ3n) is 6.15. The molecule has 4 rings (SSSR count). The molecule has 1 aliphatic carbocycles. The molecule has 0 spiro atoms. The molecule has 0 bridgehead atoms. The highest BCUT2D eigenvalue weighted by molar-refractivity contribution is 5.81. The third-order valence-corrected chi connectivity index (χ3v) is 6.15. The Balaban J connectivity index is 1.67. The molecule has 3 aromatic heterocycles. The first-order chi connectivity index (χ1) is 16.3. The van der Waals surface area contributed by atoms with Gasteiger partial charge in [0.2, 0.25) is 11.9 Å². The number of hydrogen-bond acceptors (Lipinski definition) is 7. The molecular formula is C24H35N7O3. The molecule has 3 aromatic rings. The number of hydrogen-bond donors (Lipinski definition) is 3. The van der Waals surface area contributed by atoms with Crippen LogP contribution in [0.1, 0.15) is 58.1 Å². The van der Waals surface area contributed by atoms with Gasteiger partial charge < -0.3 is 20.5 Å². The quantitative estimate of drug-likeness (QED) is 0.441. The second kappa shape index (κ2) is 10.5. The topological polar surface area (TPSA) is 119 Å². The number of anilines is 1. The van der Waals surface area contributed by atoms with Crippen LogP contribution in [-0.2, 0) is 16.1 Å². The van der Waals surface area contributed by atoms with E-state index < -0.39 is 0 Å². The van der Waals surface area contributed by atoms with Crippen molar-refractivity contribution < 1.29 is 14.6 Å². The fraction of sp³-hybridized carbons (Fsp3) is 0.583. The number of aromatic nitrogens is 5. The molecule has 1 amide bonds. The van der Waals surface area contributed by atoms with Gasteiger partial charge in [-0.2, -0.15) is 5.10 Å². The molecule has 0 saturated heterocycles. The highest BCUT2D eigenvalue weighted by atomic mass is 16.5. The first kappa shape index (κ1) is 24.2. The van der Waals surface area contributed by atoms with Crippen LogP contribution in [0.25, 0.3) is 16.6 Å². The largest absolute Gasteiger partial charge is 0.393 e. The van der Waals surface area contributed by atoms with Crippen LogP contribution in [0.2, 0.25) is 0 Å². The van der Waals surface area contributed by atoms with Gasteiger partial charge in [0.25, 0.3) is 0 Å². The summed E-state index contributed by atoms with van der Waals surface area (Å²) in [7, 11) is 1.67. The van der Waals surface area contributed by atoms with E-state index in [1.165, 1.54) is 0 Å². The van der Waals surface area contributed by atoms with Crippen LogP contribution in [0, 0.1) is 0 Å². The highest BCUT2D eigenvalue weighted by Crippen LogP contribution is 2.37. The van der Waals surface area contributed by atoms with Crippen LogP contribution in [0.15, 0.2) is 24.7 Å². The molecule has 0 aliphatic heterocycles. The van der Waals surface area contributed by atoms with E-state index in [9.17, 15) is 9.90 Å². The fourth-order valence-corrected chi connectivity index (χ4v) is 4.59. The zero-order valence-corrected chi connectivity index (χ0v) is 20.4. The lowest BCUT2D eigenvalue weighted by atomic mass is 9.85. The van der Waals surface area contributed by atoms with Crippen molar-refractivity contribution >= 4 is 17.4 Å². The van der Waals surface area contributed by atoms with Gasteiger partial charge in [-0.15, -0.1) is 5.10 Å². The van der Waals surface area contributed by atoms with E-state index in [-0.39, 0.29) is 30.6 Å². The van der Waals surface area contributed by atoms with Gasteiger partial charge in [-0.3, -0.25) is 9.48 Å². The Kier molecular flexibility index (Phi) is 7.47. The number of fused-ring (bicyclic) bond motifs is 1. The van der Waals surface area contributed by atoms with Crippen molar-refractivity contribution in [1.82, 2.24) is 29.7 Å². The number of methoxy groups -OCH3 is 1. The summed E-state index contributed by atoms with van der Waals surface area (Å²) in [6.07, 6.45) is 8.67. The predicted molar refractivity (Wildman–Crippen MR) is 130 cm³/mol. The van der Waals surface area contributed by atoms with Crippen molar-refractivity contribution in [3.05, 3.63) is 30.4 Å². The number of ether oxygens (including phenoxy) is 1. The molecule has 184 valence electrons. The van der Waals surface area contributed by atoms with Crippen LogP contribution in [0.4, 0.5) is 5.95 Å². The number of carbonyl (C=O) groups is 1. The summed E-state index contributed by atoms with van der Waals surface area (Å²) in [6.45, 7) is 6.61. The Morgan fingerprint density at radius 2 is 2.00 bits per heavy atom. The Morgan fingerprint density at radius 3 is 2.71 bits per heavy atom. The molecule has 1 fully saturated rings. The monoisotopic (exact) mass is 469 g/mol. The molecule has 3 heterocycles. The van der Waals surface area contributed by atoms with Gasteiger partial charge in [0.15, 0.2) is 0 Å². The van der Waals surface area contributed by atoms with Crippen LogP contribution in [0.5, 0.6) is 0 Å². The number of nitrogens with one attached hydrogen (secondary N) is 2. The lowest BCUT2D eigenvalue weighted by Crippen LogP contribution is -2.33. The molecule has 10 nitrogen and oxygen atoms in total. The third kappa shape index (κ3) is 5.56. The van der Waals surface area contributed by atoms with Crippen LogP contribution < -0.4 is 10.6 Å². The Morgan fingerprint density at radius 1 is 1.24 bits per heavy atom. The number of amides is 1. The standard InChI is InChI=1S/C24H35N7O3/c1-15(2)27-23(33)13-30-12-18(10-26-30)20-9-21(17-5-7-19(32)8-6-17)31-22(20)11-25-24(29-31)28-16(3)14-34-4/h9-12,15-17,19,32H,5-8,13-14H2,1-4H3,(H,27,33)(H,28,29)/t16-,17-,19-/m0/s1. The minimum absolute atomic E-state index is 0.0703. The molecule has 0 radical (unpaired) electrons. The molecule has 3 N–H and O–H groups in total. The van der Waals surface area contributed by atoms with Crippen LogP contribution in [0.3, 0.4) is 0 Å². The maximum absolute atomic E-state index is 12.2. The van der Waals surface area contributed by atoms with E-state index in [1.54, 1.807) is 18.0 Å². The molecule has 0 aromatic carbocycles. The highest BCUT2D eigenvalue weighted by Gasteiger charge is 2.26. The molecule has 1 saturated carbocycles. The van der Waals surface area contributed by atoms with E-state index in [1.807, 2.05) is 37.7 Å². The lowest BCUT2D eigenvalue weighted by molar-refractivity contribution is -0.122. The van der Waals surface area contributed by atoms with Gasteiger partial charge in [-0.1, -0.05) is 0 Å². The van der Waals surface area contributed by atoms with Gasteiger partial charge in [0.1, 0.15) is 6.54 Å². The first-order valence-electron chi connectivity index (χ1n) is 12.0. The zero-order chi connectivity index (χ0) is 24.2. The van der Waals surface area contributed by atoms with E-state index in [2.05, 4.69) is 26.8 Å². The summed E-state index contributed by atoms with van der Waals surface area (Å²) < 4.78 is 8.84. The second-order valence-corrected chi connectivity index (χ2v) is 9.52. The number of aliphatic hydroxyl groups excluding tert-OH is 1. The Labute approximate surface area is 199 Å². The minimum atomic E-state index is -0.223. The average molecular weight is 470 g/mol. The maximum Gasteiger partial charge on any atom is 0.241 e. The summed E-state index contributed by atoms with van der Waals surface area (Å²) in [5, 5.41) is 25.4. The van der Waals surface area contributed by atoms with Crippen LogP contribution in [-0.4, -0.2) is 67.3 Å². The van der Waals surface area contributed by atoms with Crippen molar-refractivity contribution in [3.8, 4) is 11.1 Å². The number of nitrogens with zero attached hydrogens (tertiary/aromatic N) is 5. The number of carbonyl (C=O) groups excluding carboxylic acids is 1. The molecule has 0 unspecified atom stereocenters. The minimum Gasteiger partial charge on any atom is -0.393 e. The van der Waals surface area contributed by atoms with E-state index >= 15 is 0 Å². The molecule has 34 heavy (non-hydrogen) atoms. The van der Waals surface area contributed by atoms with Gasteiger partial charge in [-0.25, -0.2) is 9.50 Å². The van der Waals surface area contributed by atoms with Crippen LogP contribution >= 0.6 is 0 Å². The van der Waals surface area contributed by atoms with E-state index in [0.717, 1.165) is 48.0 Å². The first-order valence-corrected chi connectivity index (χ1v) is 12.0. The average Bonchev–Trinajstić information content (AvgIpc) is 3.38. The number of rotatable bonds is 9. The summed E-state index contributed by atoms with van der Waals surface area (Å²) in [6, 6.07) is 2.31. The summed E-state index contributed by atoms with van der Waals surface area (Å²) in [5.74, 6) is 0.769. The predicted octanol–water partition coefficient (Wildman–Crippen LogP) is 2.58. The SMILES string of the molecule is COC[C@H](C)Nc1ncc2c(-c3cnn(CC(=O)NC(C)C)c3)cc([C@H]3CC[C@H](O)CC3)n2n1. The maximum atomic E-state index is 12.2. The van der Waals surface area contributed by atoms with Gasteiger partial charge in [-0.05, 0) is 52.5 Å². The molecule has 1 aliphatic rings. The van der Waals surface area contributed by atoms with E-state index in [0.29, 0.717) is 18.5 Å². The number of aliphatic hydroxyl groups is 1. The lowest BCUT2D eigenvalue weighted by Gasteiger charge is -2.25. The summed E-state index contributed by atoms with van der Waals surface area (Å²) in [4.78, 5) is 16.7. The Bertz CT molecular complexity index is 1120. The van der Waals surface area contributed by atoms with Gasteiger partial charge >= 0.3 is 0 Å².